The Balaban J connectivity index is 2.44. The van der Waals surface area contributed by atoms with E-state index in [0.717, 1.165) is 19.7 Å². The van der Waals surface area contributed by atoms with Crippen LogP contribution in [0.25, 0.3) is 0 Å². The second-order valence-corrected chi connectivity index (χ2v) is 11.2. The third-order valence-corrected chi connectivity index (χ3v) is 3.97. The molecule has 1 aromatic carbocycles. The van der Waals surface area contributed by atoms with Gasteiger partial charge in [-0.1, -0.05) is 50.0 Å². The van der Waals surface area contributed by atoms with Crippen molar-refractivity contribution < 1.29 is 4.74 Å². The molecule has 17 heavy (non-hydrogen) atoms. The second-order valence-electron chi connectivity index (χ2n) is 5.77. The Labute approximate surface area is 107 Å². The fraction of sp³-hybridized carbons (Fsp3) is 0.571. The van der Waals surface area contributed by atoms with E-state index >= 15 is 0 Å². The molecule has 0 atom stereocenters. The second kappa shape index (κ2) is 6.94. The lowest BCUT2D eigenvalue weighted by Gasteiger charge is -2.28. The number of hydrogen-bond donors (Lipinski definition) is 0. The topological polar surface area (TPSA) is 12.5 Å². The lowest BCUT2D eigenvalue weighted by atomic mass is 10.1. The molecule has 3 heteroatoms. The molecule has 0 saturated heterocycles. The highest BCUT2D eigenvalue weighted by atomic mass is 28.3. The van der Waals surface area contributed by atoms with Gasteiger partial charge in [0.1, 0.15) is 0 Å². The predicted octanol–water partition coefficient (Wildman–Crippen LogP) is 3.01. The van der Waals surface area contributed by atoms with Gasteiger partial charge < -0.3 is 4.74 Å². The molecule has 0 fully saturated rings. The van der Waals surface area contributed by atoms with E-state index in [2.05, 4.69) is 54.9 Å². The molecule has 1 rings (SSSR count). The fourth-order valence-electron chi connectivity index (χ4n) is 1.97. The molecule has 0 aliphatic heterocycles. The third kappa shape index (κ3) is 6.61. The largest absolute Gasteiger partial charge is 0.369 e. The highest BCUT2D eigenvalue weighted by Gasteiger charge is 2.17. The minimum absolute atomic E-state index is 0.747. The highest BCUT2D eigenvalue weighted by molar-refractivity contribution is 6.76. The number of hydrogen-bond acceptors (Lipinski definition) is 2. The van der Waals surface area contributed by atoms with Crippen LogP contribution in [-0.4, -0.2) is 39.5 Å². The summed E-state index contributed by atoms with van der Waals surface area (Å²) in [5.41, 5.74) is 1.41. The van der Waals surface area contributed by atoms with Crippen LogP contribution in [0.2, 0.25) is 19.6 Å². The zero-order chi connectivity index (χ0) is 12.7. The maximum Gasteiger partial charge on any atom is 0.0983 e. The van der Waals surface area contributed by atoms with Crippen molar-refractivity contribution in [2.75, 3.05) is 26.6 Å². The van der Waals surface area contributed by atoms with Crippen molar-refractivity contribution in [3.05, 3.63) is 35.9 Å². The van der Waals surface area contributed by atoms with Gasteiger partial charge in [0.15, 0.2) is 0 Å². The fourth-order valence-corrected chi connectivity index (χ4v) is 3.57. The number of methoxy groups -OCH3 is 1. The first-order valence-corrected chi connectivity index (χ1v) is 9.97. The lowest BCUT2D eigenvalue weighted by molar-refractivity contribution is 0.0755. The van der Waals surface area contributed by atoms with E-state index in [1.807, 2.05) is 0 Å². The Morgan fingerprint density at radius 2 is 1.76 bits per heavy atom. The van der Waals surface area contributed by atoms with Crippen LogP contribution in [0.5, 0.6) is 0 Å². The van der Waals surface area contributed by atoms with Gasteiger partial charge in [0, 0.05) is 13.7 Å². The summed E-state index contributed by atoms with van der Waals surface area (Å²) in [6, 6.07) is 10.7. The van der Waals surface area contributed by atoms with Crippen LogP contribution >= 0.6 is 0 Å². The summed E-state index contributed by atoms with van der Waals surface area (Å²) in [5, 5.41) is 0. The SMILES string of the molecule is COCN(CCc1ccccc1)C[Si](C)(C)C. The molecule has 0 N–H and O–H groups in total. The Kier molecular flexibility index (Phi) is 5.89. The molecular formula is C14H25NOSi. The van der Waals surface area contributed by atoms with Crippen molar-refractivity contribution in [1.29, 1.82) is 0 Å². The Hall–Kier alpha value is -0.643. The zero-order valence-electron chi connectivity index (χ0n) is 11.6. The molecule has 0 saturated carbocycles. The summed E-state index contributed by atoms with van der Waals surface area (Å²) in [5.74, 6) is 0. The van der Waals surface area contributed by atoms with E-state index in [0.29, 0.717) is 0 Å². The highest BCUT2D eigenvalue weighted by Crippen LogP contribution is 2.07. The molecule has 0 heterocycles. The van der Waals surface area contributed by atoms with Gasteiger partial charge in [0.05, 0.1) is 14.8 Å². The van der Waals surface area contributed by atoms with E-state index in [1.165, 1.54) is 11.7 Å². The van der Waals surface area contributed by atoms with Gasteiger partial charge in [-0.15, -0.1) is 0 Å². The van der Waals surface area contributed by atoms with Crippen LogP contribution in [0.4, 0.5) is 0 Å². The molecule has 0 unspecified atom stereocenters. The molecule has 0 amide bonds. The van der Waals surface area contributed by atoms with Crippen molar-refractivity contribution in [3.63, 3.8) is 0 Å². The van der Waals surface area contributed by atoms with Crippen molar-refractivity contribution in [2.24, 2.45) is 0 Å². The van der Waals surface area contributed by atoms with Crippen LogP contribution in [0, 0.1) is 0 Å². The van der Waals surface area contributed by atoms with Crippen LogP contribution < -0.4 is 0 Å². The molecule has 0 aromatic heterocycles. The number of ether oxygens (including phenoxy) is 1. The van der Waals surface area contributed by atoms with E-state index in [-0.39, 0.29) is 0 Å². The predicted molar refractivity (Wildman–Crippen MR) is 76.9 cm³/mol. The van der Waals surface area contributed by atoms with Crippen LogP contribution in [0.15, 0.2) is 30.3 Å². The Morgan fingerprint density at radius 1 is 1.12 bits per heavy atom. The zero-order valence-corrected chi connectivity index (χ0v) is 12.6. The first-order chi connectivity index (χ1) is 8.01. The molecule has 0 aliphatic rings. The van der Waals surface area contributed by atoms with Crippen LogP contribution in [-0.2, 0) is 11.2 Å². The minimum Gasteiger partial charge on any atom is -0.369 e. The summed E-state index contributed by atoms with van der Waals surface area (Å²) in [4.78, 5) is 2.43. The third-order valence-electron chi connectivity index (χ3n) is 2.57. The molecule has 96 valence electrons. The van der Waals surface area contributed by atoms with Crippen molar-refractivity contribution in [3.8, 4) is 0 Å². The van der Waals surface area contributed by atoms with E-state index in [9.17, 15) is 0 Å². The molecule has 0 spiro atoms. The normalized spacial score (nSPS) is 12.1. The van der Waals surface area contributed by atoms with Crippen molar-refractivity contribution in [2.45, 2.75) is 26.1 Å². The summed E-state index contributed by atoms with van der Waals surface area (Å²) < 4.78 is 5.29. The summed E-state index contributed by atoms with van der Waals surface area (Å²) in [6.07, 6.45) is 2.31. The smallest absolute Gasteiger partial charge is 0.0983 e. The maximum atomic E-state index is 5.29. The molecule has 0 bridgehead atoms. The van der Waals surface area contributed by atoms with E-state index in [1.54, 1.807) is 7.11 Å². The number of benzene rings is 1. The van der Waals surface area contributed by atoms with Gasteiger partial charge in [-0.2, -0.15) is 0 Å². The Morgan fingerprint density at radius 3 is 2.29 bits per heavy atom. The monoisotopic (exact) mass is 251 g/mol. The molecule has 1 aromatic rings. The molecule has 2 nitrogen and oxygen atoms in total. The van der Waals surface area contributed by atoms with Gasteiger partial charge in [0.2, 0.25) is 0 Å². The van der Waals surface area contributed by atoms with Gasteiger partial charge >= 0.3 is 0 Å². The van der Waals surface area contributed by atoms with Gasteiger partial charge in [-0.05, 0) is 18.2 Å². The Bertz CT molecular complexity index is 308. The number of rotatable bonds is 7. The average molecular weight is 251 g/mol. The van der Waals surface area contributed by atoms with Crippen molar-refractivity contribution >= 4 is 8.07 Å². The van der Waals surface area contributed by atoms with Gasteiger partial charge in [0.25, 0.3) is 0 Å². The number of nitrogens with zero attached hydrogens (tertiary/aromatic N) is 1. The maximum absolute atomic E-state index is 5.29. The summed E-state index contributed by atoms with van der Waals surface area (Å²) >= 11 is 0. The van der Waals surface area contributed by atoms with E-state index < -0.39 is 8.07 Å². The van der Waals surface area contributed by atoms with Gasteiger partial charge in [-0.25, -0.2) is 0 Å². The molecular weight excluding hydrogens is 226 g/mol. The quantitative estimate of drug-likeness (QED) is 0.545. The van der Waals surface area contributed by atoms with E-state index in [4.69, 9.17) is 4.74 Å². The average Bonchev–Trinajstić information content (AvgIpc) is 2.26. The first kappa shape index (κ1) is 14.4. The summed E-state index contributed by atoms with van der Waals surface area (Å²) in [6.45, 7) is 9.04. The van der Waals surface area contributed by atoms with Crippen LogP contribution in [0.1, 0.15) is 5.56 Å². The standard InChI is InChI=1S/C14H25NOSi/c1-16-12-15(13-17(2,3)4)11-10-14-8-6-5-7-9-14/h5-9H,10-13H2,1-4H3. The first-order valence-electron chi connectivity index (χ1n) is 6.26. The van der Waals surface area contributed by atoms with Gasteiger partial charge in [-0.3, -0.25) is 4.90 Å². The molecule has 0 radical (unpaired) electrons. The van der Waals surface area contributed by atoms with Crippen LogP contribution in [0.3, 0.4) is 0 Å². The molecule has 0 aliphatic carbocycles. The minimum atomic E-state index is -1.05. The summed E-state index contributed by atoms with van der Waals surface area (Å²) in [7, 11) is 0.728. The van der Waals surface area contributed by atoms with Crippen molar-refractivity contribution in [1.82, 2.24) is 4.90 Å². The lowest BCUT2D eigenvalue weighted by Crippen LogP contribution is -2.42.